The average Bonchev–Trinajstić information content (AvgIpc) is 3.32. The Morgan fingerprint density at radius 1 is 1.22 bits per heavy atom. The molecule has 148 valence electrons. The van der Waals surface area contributed by atoms with Crippen molar-refractivity contribution in [1.82, 2.24) is 5.32 Å². The van der Waals surface area contributed by atoms with E-state index < -0.39 is 11.5 Å². The zero-order chi connectivity index (χ0) is 19.4. The number of rotatable bonds is 6. The van der Waals surface area contributed by atoms with Crippen LogP contribution in [0.4, 0.5) is 5.69 Å². The molecule has 27 heavy (non-hydrogen) atoms. The first-order chi connectivity index (χ1) is 12.9. The van der Waals surface area contributed by atoms with Crippen LogP contribution in [0.3, 0.4) is 0 Å². The normalized spacial score (nSPS) is 24.0. The molecule has 3 rings (SSSR count). The van der Waals surface area contributed by atoms with Gasteiger partial charge in [-0.1, -0.05) is 18.9 Å². The van der Waals surface area contributed by atoms with Gasteiger partial charge in [0, 0.05) is 24.8 Å². The summed E-state index contributed by atoms with van der Waals surface area (Å²) in [7, 11) is 0. The monoisotopic (exact) mass is 373 g/mol. The number of nitrogens with one attached hydrogen (secondary N) is 2. The van der Waals surface area contributed by atoms with Gasteiger partial charge in [0.1, 0.15) is 6.10 Å². The lowest BCUT2D eigenvalue weighted by atomic mass is 9.84. The summed E-state index contributed by atoms with van der Waals surface area (Å²) < 4.78 is 5.55. The topological polar surface area (TPSA) is 93.5 Å². The quantitative estimate of drug-likeness (QED) is 0.713. The SMILES string of the molecule is Cc1ccc(NC(=O)C2(CNC(=O)[C@@H]3OCC[C@@H]3CN)CCCC2)cc1C. The Bertz CT molecular complexity index is 698. The van der Waals surface area contributed by atoms with Crippen molar-refractivity contribution >= 4 is 17.5 Å². The van der Waals surface area contributed by atoms with Crippen LogP contribution < -0.4 is 16.4 Å². The molecule has 1 aromatic carbocycles. The molecule has 0 radical (unpaired) electrons. The molecular weight excluding hydrogens is 342 g/mol. The third-order valence-corrected chi connectivity index (χ3v) is 6.18. The zero-order valence-corrected chi connectivity index (χ0v) is 16.3. The van der Waals surface area contributed by atoms with Gasteiger partial charge >= 0.3 is 0 Å². The molecule has 2 fully saturated rings. The number of benzene rings is 1. The van der Waals surface area contributed by atoms with Crippen molar-refractivity contribution in [3.8, 4) is 0 Å². The number of nitrogens with two attached hydrogens (primary N) is 1. The number of hydrogen-bond acceptors (Lipinski definition) is 4. The number of carbonyl (C=O) groups is 2. The second-order valence-corrected chi connectivity index (χ2v) is 8.03. The van der Waals surface area contributed by atoms with Crippen LogP contribution in [-0.2, 0) is 14.3 Å². The van der Waals surface area contributed by atoms with Gasteiger partial charge in [-0.3, -0.25) is 9.59 Å². The summed E-state index contributed by atoms with van der Waals surface area (Å²) in [4.78, 5) is 25.6. The highest BCUT2D eigenvalue weighted by Gasteiger charge is 2.42. The Labute approximate surface area is 161 Å². The van der Waals surface area contributed by atoms with Crippen LogP contribution in [0.25, 0.3) is 0 Å². The van der Waals surface area contributed by atoms with E-state index in [2.05, 4.69) is 17.6 Å². The van der Waals surface area contributed by atoms with E-state index in [0.717, 1.165) is 43.4 Å². The molecule has 2 atom stereocenters. The van der Waals surface area contributed by atoms with Crippen LogP contribution in [-0.4, -0.2) is 37.6 Å². The van der Waals surface area contributed by atoms with Gasteiger partial charge in [0.05, 0.1) is 5.41 Å². The summed E-state index contributed by atoms with van der Waals surface area (Å²) in [5.41, 5.74) is 8.34. The van der Waals surface area contributed by atoms with Crippen molar-refractivity contribution in [1.29, 1.82) is 0 Å². The number of amides is 2. The van der Waals surface area contributed by atoms with Crippen LogP contribution >= 0.6 is 0 Å². The molecule has 1 aromatic rings. The molecule has 4 N–H and O–H groups in total. The first kappa shape index (κ1) is 19.8. The Kier molecular flexibility index (Phi) is 6.17. The Balaban J connectivity index is 1.65. The molecule has 6 nitrogen and oxygen atoms in total. The summed E-state index contributed by atoms with van der Waals surface area (Å²) >= 11 is 0. The number of hydrogen-bond donors (Lipinski definition) is 3. The van der Waals surface area contributed by atoms with Gasteiger partial charge < -0.3 is 21.1 Å². The summed E-state index contributed by atoms with van der Waals surface area (Å²) in [6.45, 7) is 5.44. The minimum absolute atomic E-state index is 0.00808. The minimum atomic E-state index is -0.550. The maximum absolute atomic E-state index is 13.1. The lowest BCUT2D eigenvalue weighted by molar-refractivity contribution is -0.133. The highest BCUT2D eigenvalue weighted by atomic mass is 16.5. The fourth-order valence-electron chi connectivity index (χ4n) is 4.14. The van der Waals surface area contributed by atoms with Gasteiger partial charge in [-0.25, -0.2) is 0 Å². The average molecular weight is 373 g/mol. The highest BCUT2D eigenvalue weighted by Crippen LogP contribution is 2.39. The van der Waals surface area contributed by atoms with E-state index in [4.69, 9.17) is 10.5 Å². The second-order valence-electron chi connectivity index (χ2n) is 8.03. The van der Waals surface area contributed by atoms with Crippen molar-refractivity contribution in [2.24, 2.45) is 17.1 Å². The minimum Gasteiger partial charge on any atom is -0.368 e. The van der Waals surface area contributed by atoms with E-state index >= 15 is 0 Å². The fourth-order valence-corrected chi connectivity index (χ4v) is 4.14. The molecule has 0 spiro atoms. The third-order valence-electron chi connectivity index (χ3n) is 6.18. The Morgan fingerprint density at radius 3 is 2.63 bits per heavy atom. The van der Waals surface area contributed by atoms with Gasteiger partial charge in [-0.05, 0) is 62.9 Å². The van der Waals surface area contributed by atoms with E-state index in [1.807, 2.05) is 25.1 Å². The standard InChI is InChI=1S/C21H31N3O3/c1-14-5-6-17(11-15(14)2)24-20(26)21(8-3-4-9-21)13-23-19(25)18-16(12-22)7-10-27-18/h5-6,11,16,18H,3-4,7-10,12-13,22H2,1-2H3,(H,23,25)(H,24,26)/t16-,18-/m1/s1. The Hall–Kier alpha value is -1.92. The van der Waals surface area contributed by atoms with E-state index in [-0.39, 0.29) is 17.7 Å². The first-order valence-corrected chi connectivity index (χ1v) is 9.93. The Morgan fingerprint density at radius 2 is 1.96 bits per heavy atom. The van der Waals surface area contributed by atoms with E-state index in [0.29, 0.717) is 19.7 Å². The lowest BCUT2D eigenvalue weighted by Gasteiger charge is -2.29. The van der Waals surface area contributed by atoms with Crippen molar-refractivity contribution < 1.29 is 14.3 Å². The molecule has 1 saturated heterocycles. The number of anilines is 1. The smallest absolute Gasteiger partial charge is 0.249 e. The third kappa shape index (κ3) is 4.33. The summed E-state index contributed by atoms with van der Waals surface area (Å²) in [6.07, 6.45) is 3.90. The van der Waals surface area contributed by atoms with E-state index in [1.165, 1.54) is 5.56 Å². The highest BCUT2D eigenvalue weighted by molar-refractivity contribution is 5.96. The molecule has 2 amide bonds. The molecule has 6 heteroatoms. The number of ether oxygens (including phenoxy) is 1. The molecular formula is C21H31N3O3. The van der Waals surface area contributed by atoms with Crippen molar-refractivity contribution in [3.63, 3.8) is 0 Å². The summed E-state index contributed by atoms with van der Waals surface area (Å²) in [5.74, 6) is -0.0895. The van der Waals surface area contributed by atoms with E-state index in [9.17, 15) is 9.59 Å². The summed E-state index contributed by atoms with van der Waals surface area (Å²) in [5, 5.41) is 6.04. The largest absolute Gasteiger partial charge is 0.368 e. The van der Waals surface area contributed by atoms with Crippen LogP contribution in [0.15, 0.2) is 18.2 Å². The first-order valence-electron chi connectivity index (χ1n) is 9.93. The zero-order valence-electron chi connectivity index (χ0n) is 16.3. The van der Waals surface area contributed by atoms with Crippen LogP contribution in [0.5, 0.6) is 0 Å². The second kappa shape index (κ2) is 8.40. The van der Waals surface area contributed by atoms with Gasteiger partial charge in [-0.2, -0.15) is 0 Å². The van der Waals surface area contributed by atoms with Crippen LogP contribution in [0.2, 0.25) is 0 Å². The maximum atomic E-state index is 13.1. The van der Waals surface area contributed by atoms with Crippen molar-refractivity contribution in [3.05, 3.63) is 29.3 Å². The fraction of sp³-hybridized carbons (Fsp3) is 0.619. The number of aryl methyl sites for hydroxylation is 2. The summed E-state index contributed by atoms with van der Waals surface area (Å²) in [6, 6.07) is 5.94. The molecule has 0 bridgehead atoms. The molecule has 1 saturated carbocycles. The molecule has 1 aliphatic carbocycles. The van der Waals surface area contributed by atoms with Crippen LogP contribution in [0.1, 0.15) is 43.2 Å². The molecule has 1 heterocycles. The van der Waals surface area contributed by atoms with E-state index in [1.54, 1.807) is 0 Å². The number of carbonyl (C=O) groups excluding carboxylic acids is 2. The molecule has 0 unspecified atom stereocenters. The van der Waals surface area contributed by atoms with Crippen LogP contribution in [0, 0.1) is 25.2 Å². The predicted molar refractivity (Wildman–Crippen MR) is 105 cm³/mol. The van der Waals surface area contributed by atoms with Crippen molar-refractivity contribution in [2.45, 2.75) is 52.1 Å². The van der Waals surface area contributed by atoms with Gasteiger partial charge in [0.15, 0.2) is 0 Å². The lowest BCUT2D eigenvalue weighted by Crippen LogP contribution is -2.48. The van der Waals surface area contributed by atoms with Gasteiger partial charge in [0.2, 0.25) is 11.8 Å². The molecule has 2 aliphatic rings. The van der Waals surface area contributed by atoms with Gasteiger partial charge in [-0.15, -0.1) is 0 Å². The maximum Gasteiger partial charge on any atom is 0.249 e. The molecule has 1 aliphatic heterocycles. The van der Waals surface area contributed by atoms with Crippen molar-refractivity contribution in [2.75, 3.05) is 25.0 Å². The predicted octanol–water partition coefficient (Wildman–Crippen LogP) is 2.28. The van der Waals surface area contributed by atoms with Gasteiger partial charge in [0.25, 0.3) is 0 Å². The molecule has 0 aromatic heterocycles.